The molecule has 0 aromatic heterocycles. The van der Waals surface area contributed by atoms with E-state index in [9.17, 15) is 9.59 Å². The van der Waals surface area contributed by atoms with E-state index < -0.39 is 0 Å². The van der Waals surface area contributed by atoms with Crippen LogP contribution in [-0.2, 0) is 13.0 Å². The Labute approximate surface area is 172 Å². The largest absolute Gasteiger partial charge is 0.352 e. The van der Waals surface area contributed by atoms with Crippen LogP contribution in [0.25, 0.3) is 0 Å². The van der Waals surface area contributed by atoms with E-state index >= 15 is 0 Å². The minimum absolute atomic E-state index is 0.0348. The monoisotopic (exact) mass is 386 g/mol. The molecule has 0 saturated heterocycles. The third-order valence-corrected chi connectivity index (χ3v) is 4.82. The molecule has 4 nitrogen and oxygen atoms in total. The van der Waals surface area contributed by atoms with Gasteiger partial charge in [-0.15, -0.1) is 0 Å². The number of hydrogen-bond donors (Lipinski definition) is 1. The summed E-state index contributed by atoms with van der Waals surface area (Å²) < 4.78 is 0. The van der Waals surface area contributed by atoms with Crippen LogP contribution in [0, 0.1) is 0 Å². The number of carbonyl (C=O) groups is 2. The van der Waals surface area contributed by atoms with Crippen molar-refractivity contribution in [1.29, 1.82) is 0 Å². The van der Waals surface area contributed by atoms with Crippen LogP contribution < -0.4 is 5.32 Å². The van der Waals surface area contributed by atoms with Crippen LogP contribution in [-0.4, -0.2) is 29.8 Å². The van der Waals surface area contributed by atoms with E-state index in [1.54, 1.807) is 29.2 Å². The average Bonchev–Trinajstić information content (AvgIpc) is 2.78. The Morgan fingerprint density at radius 1 is 0.759 bits per heavy atom. The molecule has 2 amide bonds. The number of benzene rings is 3. The Morgan fingerprint density at radius 3 is 1.90 bits per heavy atom. The summed E-state index contributed by atoms with van der Waals surface area (Å²) in [6, 6.07) is 26.8. The standard InChI is InChI=1S/C25H26N2O2/c1-2-27(19-21-11-7-4-8-12-21)25(29)23-15-13-22(14-16-23)24(28)26-18-17-20-9-5-3-6-10-20/h3-16H,2,17-19H2,1H3,(H,26,28). The number of amides is 2. The van der Waals surface area contributed by atoms with Crippen molar-refractivity contribution < 1.29 is 9.59 Å². The first-order chi connectivity index (χ1) is 14.2. The molecule has 0 heterocycles. The van der Waals surface area contributed by atoms with Gasteiger partial charge in [-0.1, -0.05) is 60.7 Å². The molecule has 0 bridgehead atoms. The van der Waals surface area contributed by atoms with E-state index in [2.05, 4.69) is 5.32 Å². The van der Waals surface area contributed by atoms with Crippen molar-refractivity contribution in [3.63, 3.8) is 0 Å². The van der Waals surface area contributed by atoms with Crippen LogP contribution >= 0.6 is 0 Å². The average molecular weight is 386 g/mol. The maximum absolute atomic E-state index is 12.8. The molecular weight excluding hydrogens is 360 g/mol. The van der Waals surface area contributed by atoms with Gasteiger partial charge in [-0.05, 0) is 48.7 Å². The van der Waals surface area contributed by atoms with Gasteiger partial charge in [0.2, 0.25) is 0 Å². The Kier molecular flexibility index (Phi) is 7.17. The fraction of sp³-hybridized carbons (Fsp3) is 0.200. The molecule has 0 aliphatic carbocycles. The third-order valence-electron chi connectivity index (χ3n) is 4.82. The van der Waals surface area contributed by atoms with E-state index in [1.165, 1.54) is 5.56 Å². The lowest BCUT2D eigenvalue weighted by atomic mass is 10.1. The molecule has 3 rings (SSSR count). The molecule has 3 aromatic carbocycles. The van der Waals surface area contributed by atoms with Crippen molar-refractivity contribution in [1.82, 2.24) is 10.2 Å². The second-order valence-electron chi connectivity index (χ2n) is 6.87. The van der Waals surface area contributed by atoms with Gasteiger partial charge in [-0.3, -0.25) is 9.59 Å². The Morgan fingerprint density at radius 2 is 1.31 bits per heavy atom. The lowest BCUT2D eigenvalue weighted by molar-refractivity contribution is 0.0752. The fourth-order valence-electron chi connectivity index (χ4n) is 3.14. The van der Waals surface area contributed by atoms with E-state index in [-0.39, 0.29) is 11.8 Å². The van der Waals surface area contributed by atoms with E-state index in [1.807, 2.05) is 67.6 Å². The molecule has 29 heavy (non-hydrogen) atoms. The third kappa shape index (κ3) is 5.79. The molecule has 0 aliphatic heterocycles. The van der Waals surface area contributed by atoms with Crippen molar-refractivity contribution in [3.05, 3.63) is 107 Å². The molecule has 0 saturated carbocycles. The molecule has 0 unspecified atom stereocenters. The molecule has 4 heteroatoms. The highest BCUT2D eigenvalue weighted by atomic mass is 16.2. The SMILES string of the molecule is CCN(Cc1ccccc1)C(=O)c1ccc(C(=O)NCCc2ccccc2)cc1. The Hall–Kier alpha value is -3.40. The predicted molar refractivity (Wildman–Crippen MR) is 116 cm³/mol. The van der Waals surface area contributed by atoms with E-state index in [4.69, 9.17) is 0 Å². The lowest BCUT2D eigenvalue weighted by Crippen LogP contribution is -2.30. The summed E-state index contributed by atoms with van der Waals surface area (Å²) in [4.78, 5) is 27.0. The number of nitrogens with one attached hydrogen (secondary N) is 1. The topological polar surface area (TPSA) is 49.4 Å². The summed E-state index contributed by atoms with van der Waals surface area (Å²) >= 11 is 0. The van der Waals surface area contributed by atoms with Gasteiger partial charge in [0.25, 0.3) is 11.8 Å². The first-order valence-electron chi connectivity index (χ1n) is 9.92. The lowest BCUT2D eigenvalue weighted by Gasteiger charge is -2.21. The molecule has 0 spiro atoms. The highest BCUT2D eigenvalue weighted by Gasteiger charge is 2.15. The van der Waals surface area contributed by atoms with Crippen LogP contribution in [0.15, 0.2) is 84.9 Å². The van der Waals surface area contributed by atoms with Crippen LogP contribution in [0.1, 0.15) is 38.8 Å². The summed E-state index contributed by atoms with van der Waals surface area (Å²) in [6.07, 6.45) is 0.786. The molecular formula is C25H26N2O2. The highest BCUT2D eigenvalue weighted by molar-refractivity contribution is 5.97. The zero-order valence-corrected chi connectivity index (χ0v) is 16.7. The Balaban J connectivity index is 1.56. The number of rotatable bonds is 8. The van der Waals surface area contributed by atoms with Crippen LogP contribution in [0.2, 0.25) is 0 Å². The second kappa shape index (κ2) is 10.2. The van der Waals surface area contributed by atoms with Gasteiger partial charge in [0, 0.05) is 30.8 Å². The quantitative estimate of drug-likeness (QED) is 0.627. The summed E-state index contributed by atoms with van der Waals surface area (Å²) in [5.41, 5.74) is 3.42. The maximum atomic E-state index is 12.8. The summed E-state index contributed by atoms with van der Waals surface area (Å²) in [6.45, 7) is 3.73. The van der Waals surface area contributed by atoms with Gasteiger partial charge < -0.3 is 10.2 Å². The highest BCUT2D eigenvalue weighted by Crippen LogP contribution is 2.11. The normalized spacial score (nSPS) is 10.4. The van der Waals surface area contributed by atoms with Gasteiger partial charge in [-0.2, -0.15) is 0 Å². The number of carbonyl (C=O) groups excluding carboxylic acids is 2. The molecule has 0 aliphatic rings. The molecule has 0 fully saturated rings. The summed E-state index contributed by atoms with van der Waals surface area (Å²) in [5.74, 6) is -0.163. The van der Waals surface area contributed by atoms with Crippen molar-refractivity contribution in [2.45, 2.75) is 19.9 Å². The smallest absolute Gasteiger partial charge is 0.254 e. The minimum atomic E-state index is -0.128. The van der Waals surface area contributed by atoms with Crippen LogP contribution in [0.5, 0.6) is 0 Å². The maximum Gasteiger partial charge on any atom is 0.254 e. The molecule has 148 valence electrons. The van der Waals surface area contributed by atoms with Gasteiger partial charge in [0.05, 0.1) is 0 Å². The fourth-order valence-corrected chi connectivity index (χ4v) is 3.14. The van der Waals surface area contributed by atoms with Gasteiger partial charge >= 0.3 is 0 Å². The van der Waals surface area contributed by atoms with Crippen molar-refractivity contribution in [2.24, 2.45) is 0 Å². The van der Waals surface area contributed by atoms with Gasteiger partial charge in [0.15, 0.2) is 0 Å². The van der Waals surface area contributed by atoms with Crippen molar-refractivity contribution in [3.8, 4) is 0 Å². The van der Waals surface area contributed by atoms with Crippen LogP contribution in [0.3, 0.4) is 0 Å². The van der Waals surface area contributed by atoms with Gasteiger partial charge in [-0.25, -0.2) is 0 Å². The first-order valence-corrected chi connectivity index (χ1v) is 9.92. The summed E-state index contributed by atoms with van der Waals surface area (Å²) in [7, 11) is 0. The van der Waals surface area contributed by atoms with Crippen LogP contribution in [0.4, 0.5) is 0 Å². The first kappa shape index (κ1) is 20.3. The Bertz CT molecular complexity index is 922. The van der Waals surface area contributed by atoms with E-state index in [0.29, 0.717) is 30.8 Å². The minimum Gasteiger partial charge on any atom is -0.352 e. The van der Waals surface area contributed by atoms with E-state index in [0.717, 1.165) is 12.0 Å². The number of nitrogens with zero attached hydrogens (tertiary/aromatic N) is 1. The summed E-state index contributed by atoms with van der Waals surface area (Å²) in [5, 5.41) is 2.93. The van der Waals surface area contributed by atoms with Gasteiger partial charge in [0.1, 0.15) is 0 Å². The number of hydrogen-bond acceptors (Lipinski definition) is 2. The zero-order valence-electron chi connectivity index (χ0n) is 16.7. The molecule has 3 aromatic rings. The van der Waals surface area contributed by atoms with Crippen molar-refractivity contribution in [2.75, 3.05) is 13.1 Å². The predicted octanol–water partition coefficient (Wildman–Crippen LogP) is 4.32. The zero-order chi connectivity index (χ0) is 20.5. The molecule has 0 atom stereocenters. The molecule has 0 radical (unpaired) electrons. The van der Waals surface area contributed by atoms with Crippen molar-refractivity contribution >= 4 is 11.8 Å². The molecule has 1 N–H and O–H groups in total. The second-order valence-corrected chi connectivity index (χ2v) is 6.87.